The first-order valence-corrected chi connectivity index (χ1v) is 12.5. The first-order valence-electron chi connectivity index (χ1n) is 12.5. The second kappa shape index (κ2) is 11.9. The van der Waals surface area contributed by atoms with Crippen LogP contribution in [0.15, 0.2) is 36.4 Å². The molecule has 0 unspecified atom stereocenters. The van der Waals surface area contributed by atoms with E-state index in [9.17, 15) is 4.79 Å². The largest absolute Gasteiger partial charge is 0.379 e. The van der Waals surface area contributed by atoms with Crippen LogP contribution >= 0.6 is 0 Å². The molecule has 0 spiro atoms. The molecule has 2 aliphatic heterocycles. The van der Waals surface area contributed by atoms with Crippen molar-refractivity contribution >= 4 is 12.0 Å². The Morgan fingerprint density at radius 1 is 0.938 bits per heavy atom. The molecule has 0 radical (unpaired) electrons. The van der Waals surface area contributed by atoms with Gasteiger partial charge < -0.3 is 10.1 Å². The number of hydrogen-bond donors (Lipinski definition) is 1. The van der Waals surface area contributed by atoms with Gasteiger partial charge in [0.15, 0.2) is 0 Å². The van der Waals surface area contributed by atoms with Crippen LogP contribution in [-0.2, 0) is 9.53 Å². The third kappa shape index (κ3) is 6.64. The Bertz CT molecular complexity index is 719. The lowest BCUT2D eigenvalue weighted by molar-refractivity contribution is -0.124. The van der Waals surface area contributed by atoms with Crippen molar-refractivity contribution in [1.29, 1.82) is 0 Å². The van der Waals surface area contributed by atoms with Crippen LogP contribution < -0.4 is 5.32 Å². The van der Waals surface area contributed by atoms with Crippen molar-refractivity contribution in [3.63, 3.8) is 0 Å². The summed E-state index contributed by atoms with van der Waals surface area (Å²) in [6, 6.07) is 10.4. The normalized spacial score (nSPS) is 23.4. The fourth-order valence-electron chi connectivity index (χ4n) is 5.41. The lowest BCUT2D eigenvalue weighted by atomic mass is 9.79. The van der Waals surface area contributed by atoms with Gasteiger partial charge in [-0.1, -0.05) is 61.7 Å². The molecule has 3 fully saturated rings. The minimum atomic E-state index is 0.140. The number of rotatable bonds is 8. The number of morpholine rings is 1. The van der Waals surface area contributed by atoms with E-state index in [0.29, 0.717) is 6.54 Å². The van der Waals surface area contributed by atoms with E-state index in [4.69, 9.17) is 4.74 Å². The molecule has 1 aromatic carbocycles. The van der Waals surface area contributed by atoms with Gasteiger partial charge in [-0.3, -0.25) is 19.5 Å². The van der Waals surface area contributed by atoms with Gasteiger partial charge >= 0.3 is 0 Å². The molecule has 4 rings (SSSR count). The van der Waals surface area contributed by atoms with Gasteiger partial charge in [0.25, 0.3) is 0 Å². The van der Waals surface area contributed by atoms with Gasteiger partial charge in [-0.15, -0.1) is 0 Å². The summed E-state index contributed by atoms with van der Waals surface area (Å²) in [6.07, 6.45) is 10.7. The molecule has 1 amide bonds. The Labute approximate surface area is 193 Å². The van der Waals surface area contributed by atoms with Crippen LogP contribution in [0.5, 0.6) is 0 Å². The highest BCUT2D eigenvalue weighted by Crippen LogP contribution is 2.33. The summed E-state index contributed by atoms with van der Waals surface area (Å²) in [5.41, 5.74) is 1.39. The number of piperazine rings is 1. The molecule has 1 aromatic rings. The minimum absolute atomic E-state index is 0.140. The molecule has 2 saturated heterocycles. The summed E-state index contributed by atoms with van der Waals surface area (Å²) in [5.74, 6) is 0.181. The third-order valence-corrected chi connectivity index (χ3v) is 7.39. The minimum Gasteiger partial charge on any atom is -0.379 e. The molecule has 6 nitrogen and oxygen atoms in total. The lowest BCUT2D eigenvalue weighted by Crippen LogP contribution is -2.60. The van der Waals surface area contributed by atoms with E-state index in [1.54, 1.807) is 0 Å². The smallest absolute Gasteiger partial charge is 0.234 e. The Morgan fingerprint density at radius 2 is 1.62 bits per heavy atom. The van der Waals surface area contributed by atoms with Crippen molar-refractivity contribution in [3.05, 3.63) is 42.0 Å². The fourth-order valence-corrected chi connectivity index (χ4v) is 5.41. The zero-order valence-electron chi connectivity index (χ0n) is 19.5. The van der Waals surface area contributed by atoms with Crippen LogP contribution in [0, 0.1) is 0 Å². The fraction of sp³-hybridized carbons (Fsp3) is 0.654. The molecule has 6 heteroatoms. The van der Waals surface area contributed by atoms with E-state index >= 15 is 0 Å². The van der Waals surface area contributed by atoms with E-state index in [-0.39, 0.29) is 11.4 Å². The number of ether oxygens (including phenoxy) is 1. The number of nitrogens with one attached hydrogen (secondary N) is 1. The summed E-state index contributed by atoms with van der Waals surface area (Å²) in [4.78, 5) is 20.1. The number of hydrogen-bond acceptors (Lipinski definition) is 5. The van der Waals surface area contributed by atoms with Gasteiger partial charge in [0.1, 0.15) is 0 Å². The second-order valence-corrected chi connectivity index (χ2v) is 9.55. The number of amides is 1. The van der Waals surface area contributed by atoms with Crippen molar-refractivity contribution < 1.29 is 9.53 Å². The maximum Gasteiger partial charge on any atom is 0.234 e. The summed E-state index contributed by atoms with van der Waals surface area (Å²) in [6.45, 7) is 9.87. The van der Waals surface area contributed by atoms with E-state index in [0.717, 1.165) is 65.6 Å². The number of nitrogens with zero attached hydrogens (tertiary/aromatic N) is 3. The van der Waals surface area contributed by atoms with Gasteiger partial charge in [-0.2, -0.15) is 0 Å². The van der Waals surface area contributed by atoms with Gasteiger partial charge in [-0.25, -0.2) is 0 Å². The summed E-state index contributed by atoms with van der Waals surface area (Å²) < 4.78 is 5.57. The monoisotopic (exact) mass is 440 g/mol. The molecular formula is C26H40N4O2. The maximum absolute atomic E-state index is 12.8. The summed E-state index contributed by atoms with van der Waals surface area (Å²) in [5, 5.41) is 3.31. The molecule has 0 bridgehead atoms. The predicted molar refractivity (Wildman–Crippen MR) is 130 cm³/mol. The van der Waals surface area contributed by atoms with Gasteiger partial charge in [0.2, 0.25) is 5.91 Å². The van der Waals surface area contributed by atoms with Crippen LogP contribution in [-0.4, -0.2) is 98.3 Å². The molecule has 3 aliphatic rings. The average Bonchev–Trinajstić information content (AvgIpc) is 2.86. The number of benzene rings is 1. The molecule has 1 N–H and O–H groups in total. The van der Waals surface area contributed by atoms with Gasteiger partial charge in [-0.05, 0) is 18.4 Å². The standard InChI is InChI=1S/C26H40N4O2/c31-25(27-23-26(11-5-2-6-12-26)30-18-20-32-21-19-30)22-29-16-14-28(15-17-29)13-7-10-24-8-3-1-4-9-24/h1,3-4,7-10H,2,5-6,11-23H2,(H,27,31). The van der Waals surface area contributed by atoms with Gasteiger partial charge in [0.05, 0.1) is 19.8 Å². The highest BCUT2D eigenvalue weighted by atomic mass is 16.5. The Balaban J connectivity index is 1.18. The van der Waals surface area contributed by atoms with Crippen LogP contribution in [0.2, 0.25) is 0 Å². The van der Waals surface area contributed by atoms with Crippen molar-refractivity contribution in [1.82, 2.24) is 20.0 Å². The highest BCUT2D eigenvalue weighted by Gasteiger charge is 2.38. The molecule has 176 valence electrons. The van der Waals surface area contributed by atoms with Crippen LogP contribution in [0.3, 0.4) is 0 Å². The van der Waals surface area contributed by atoms with Crippen LogP contribution in [0.25, 0.3) is 6.08 Å². The summed E-state index contributed by atoms with van der Waals surface area (Å²) >= 11 is 0. The zero-order chi connectivity index (χ0) is 22.1. The quantitative estimate of drug-likeness (QED) is 0.673. The van der Waals surface area contributed by atoms with Crippen LogP contribution in [0.4, 0.5) is 0 Å². The first kappa shape index (κ1) is 23.4. The molecule has 2 heterocycles. The lowest BCUT2D eigenvalue weighted by Gasteiger charge is -2.48. The van der Waals surface area contributed by atoms with E-state index in [1.807, 2.05) is 6.07 Å². The number of carbonyl (C=O) groups is 1. The van der Waals surface area contributed by atoms with E-state index < -0.39 is 0 Å². The van der Waals surface area contributed by atoms with Crippen LogP contribution in [0.1, 0.15) is 37.7 Å². The second-order valence-electron chi connectivity index (χ2n) is 9.55. The first-order chi connectivity index (χ1) is 15.7. The maximum atomic E-state index is 12.8. The van der Waals surface area contributed by atoms with Crippen molar-refractivity contribution in [3.8, 4) is 0 Å². The molecule has 0 aromatic heterocycles. The Kier molecular flexibility index (Phi) is 8.74. The van der Waals surface area contributed by atoms with Gasteiger partial charge in [0, 0.05) is 57.9 Å². The zero-order valence-corrected chi connectivity index (χ0v) is 19.5. The molecule has 0 atom stereocenters. The molecule has 1 saturated carbocycles. The molecule has 1 aliphatic carbocycles. The van der Waals surface area contributed by atoms with E-state index in [2.05, 4.69) is 56.4 Å². The Morgan fingerprint density at radius 3 is 2.34 bits per heavy atom. The van der Waals surface area contributed by atoms with Crippen molar-refractivity contribution in [2.45, 2.75) is 37.6 Å². The summed E-state index contributed by atoms with van der Waals surface area (Å²) in [7, 11) is 0. The SMILES string of the molecule is O=C(CN1CCN(CC=Cc2ccccc2)CC1)NCC1(N2CCOCC2)CCCCC1. The average molecular weight is 441 g/mol. The molecular weight excluding hydrogens is 400 g/mol. The highest BCUT2D eigenvalue weighted by molar-refractivity contribution is 5.78. The number of carbonyl (C=O) groups excluding carboxylic acids is 1. The topological polar surface area (TPSA) is 48.1 Å². The predicted octanol–water partition coefficient (Wildman–Crippen LogP) is 2.47. The molecule has 32 heavy (non-hydrogen) atoms. The Hall–Kier alpha value is -1.73. The van der Waals surface area contributed by atoms with Crippen molar-refractivity contribution in [2.24, 2.45) is 0 Å². The van der Waals surface area contributed by atoms with Crippen molar-refractivity contribution in [2.75, 3.05) is 72.1 Å². The third-order valence-electron chi connectivity index (χ3n) is 7.39. The van der Waals surface area contributed by atoms with E-state index in [1.165, 1.54) is 37.7 Å².